The van der Waals surface area contributed by atoms with E-state index < -0.39 is 9.54 Å². The number of benzene rings is 2. The van der Waals surface area contributed by atoms with E-state index in [0.717, 1.165) is 60.1 Å². The van der Waals surface area contributed by atoms with Crippen LogP contribution in [0.4, 0.5) is 0 Å². The van der Waals surface area contributed by atoms with E-state index in [4.69, 9.17) is 19.4 Å². The maximum atomic E-state index is 8.51. The van der Waals surface area contributed by atoms with Gasteiger partial charge in [0.25, 0.3) is 0 Å². The molecule has 4 rings (SSSR count). The van der Waals surface area contributed by atoms with E-state index in [2.05, 4.69) is 92.1 Å². The summed E-state index contributed by atoms with van der Waals surface area (Å²) in [4.78, 5) is 4.56. The Morgan fingerprint density at radius 2 is 1.29 bits per heavy atom. The zero-order chi connectivity index (χ0) is 25.5. The van der Waals surface area contributed by atoms with Crippen LogP contribution in [0.3, 0.4) is 0 Å². The van der Waals surface area contributed by atoms with Gasteiger partial charge in [0.15, 0.2) is 0 Å². The van der Waals surface area contributed by atoms with Gasteiger partial charge in [-0.05, 0) is 0 Å². The number of pyridine rings is 1. The van der Waals surface area contributed by atoms with E-state index in [9.17, 15) is 0 Å². The van der Waals surface area contributed by atoms with Crippen molar-refractivity contribution in [3.63, 3.8) is 0 Å². The minimum atomic E-state index is -5.50. The Kier molecular flexibility index (Phi) is 6.88. The molecule has 0 aliphatic carbocycles. The quantitative estimate of drug-likeness (QED) is 0.400. The van der Waals surface area contributed by atoms with Crippen LogP contribution in [0.25, 0.3) is 0 Å². The molecular formula is C29H37Cl2N3Ru. The Morgan fingerprint density at radius 3 is 1.71 bits per heavy atom. The van der Waals surface area contributed by atoms with Crippen LogP contribution in [0.1, 0.15) is 45.5 Å². The number of rotatable bonds is 5. The van der Waals surface area contributed by atoms with Gasteiger partial charge in [-0.3, -0.25) is 0 Å². The number of nitrogens with one attached hydrogen (secondary N) is 2. The molecule has 35 heavy (non-hydrogen) atoms. The molecule has 1 fully saturated rings. The Labute approximate surface area is 216 Å². The average molecular weight is 600 g/mol. The van der Waals surface area contributed by atoms with Crippen molar-refractivity contribution in [1.82, 2.24) is 15.6 Å². The third-order valence-electron chi connectivity index (χ3n) is 6.59. The second kappa shape index (κ2) is 9.08. The van der Waals surface area contributed by atoms with Crippen molar-refractivity contribution < 1.29 is 9.54 Å². The van der Waals surface area contributed by atoms with Gasteiger partial charge in [-0.15, -0.1) is 0 Å². The fraction of sp³-hybridized carbons (Fsp3) is 0.345. The second-order valence-corrected chi connectivity index (χ2v) is 27.8. The molecule has 1 aromatic heterocycles. The summed E-state index contributed by atoms with van der Waals surface area (Å²) in [6.07, 6.45) is 3.31. The molecule has 0 atom stereocenters. The molecule has 0 radical (unpaired) electrons. The Balaban J connectivity index is 2.26. The third kappa shape index (κ3) is 4.22. The molecule has 1 aliphatic rings. The molecule has 6 heteroatoms. The first-order valence-corrected chi connectivity index (χ1v) is 20.1. The summed E-state index contributed by atoms with van der Waals surface area (Å²) in [6, 6.07) is 14.9. The van der Waals surface area contributed by atoms with E-state index in [1.807, 2.05) is 18.3 Å². The monoisotopic (exact) mass is 599 g/mol. The number of hydrogen-bond donors (Lipinski definition) is 2. The van der Waals surface area contributed by atoms with Gasteiger partial charge in [0.2, 0.25) is 0 Å². The number of aryl methyl sites for hydroxylation is 7. The molecule has 2 aromatic carbocycles. The van der Waals surface area contributed by atoms with E-state index in [-0.39, 0.29) is 0 Å². The normalized spacial score (nSPS) is 16.2. The SMILES string of the molecule is Cc1cc(C)[c]([Ru]([Cl])([Cl])(=[CH]CCc2ccccn2)(=[C]2NCCN2)[c]2c(C)cc(C)cc2C)c(C)c1. The third-order valence-corrected chi connectivity index (χ3v) is 24.2. The van der Waals surface area contributed by atoms with Crippen molar-refractivity contribution in [3.8, 4) is 0 Å². The first-order valence-electron chi connectivity index (χ1n) is 12.1. The van der Waals surface area contributed by atoms with Gasteiger partial charge in [-0.1, -0.05) is 0 Å². The standard InChI is InChI=1S/2C9H11.C8H9N.C3H6N2.2ClH.Ru/c2*1-7-4-8(2)6-9(3)5-7;1-2-5-8-6-3-4-7-9-8;1-2-5-3-4-1;;;/h2*4-5H,1-3H3;1,3-4,6-7H,2,5H2;4-5H,1-2H2;2*1H;/q;;;;;;+2/p-2. The molecular weight excluding hydrogens is 562 g/mol. The van der Waals surface area contributed by atoms with Crippen LogP contribution < -0.4 is 18.9 Å². The van der Waals surface area contributed by atoms with Gasteiger partial charge in [-0.2, -0.15) is 0 Å². The molecule has 2 heterocycles. The summed E-state index contributed by atoms with van der Waals surface area (Å²) >= 11 is 0. The topological polar surface area (TPSA) is 37.0 Å². The summed E-state index contributed by atoms with van der Waals surface area (Å²) in [7, 11) is 11.5. The maximum absolute atomic E-state index is 8.51. The van der Waals surface area contributed by atoms with E-state index in [0.29, 0.717) is 6.42 Å². The molecule has 190 valence electrons. The molecule has 0 amide bonds. The minimum absolute atomic E-state index is 0.704. The summed E-state index contributed by atoms with van der Waals surface area (Å²) in [6.45, 7) is 14.5. The van der Waals surface area contributed by atoms with Gasteiger partial charge in [0, 0.05) is 0 Å². The van der Waals surface area contributed by atoms with Gasteiger partial charge in [0.1, 0.15) is 0 Å². The molecule has 0 saturated carbocycles. The van der Waals surface area contributed by atoms with Crippen LogP contribution in [0.5, 0.6) is 0 Å². The first kappa shape index (κ1) is 26.5. The molecule has 0 unspecified atom stereocenters. The molecule has 3 nitrogen and oxygen atoms in total. The van der Waals surface area contributed by atoms with Crippen LogP contribution in [-0.4, -0.2) is 27.0 Å². The summed E-state index contributed by atoms with van der Waals surface area (Å²) < 4.78 is 5.29. The summed E-state index contributed by atoms with van der Waals surface area (Å²) in [5.74, 6) is 0. The average Bonchev–Trinajstić information content (AvgIpc) is 3.29. The number of halogens is 2. The number of nitrogens with zero attached hydrogens (tertiary/aromatic N) is 1. The molecule has 1 aliphatic heterocycles. The van der Waals surface area contributed by atoms with Gasteiger partial charge < -0.3 is 0 Å². The van der Waals surface area contributed by atoms with Crippen LogP contribution in [0, 0.1) is 41.5 Å². The van der Waals surface area contributed by atoms with Crippen molar-refractivity contribution in [2.45, 2.75) is 54.4 Å². The molecule has 3 aromatic rings. The summed E-state index contributed by atoms with van der Waals surface area (Å²) in [5, 5.41) is 7.27. The fourth-order valence-electron chi connectivity index (χ4n) is 5.77. The van der Waals surface area contributed by atoms with Crippen molar-refractivity contribution in [2.24, 2.45) is 0 Å². The van der Waals surface area contributed by atoms with E-state index >= 15 is 0 Å². The molecule has 0 bridgehead atoms. The summed E-state index contributed by atoms with van der Waals surface area (Å²) in [5.41, 5.74) is 7.97. The predicted octanol–water partition coefficient (Wildman–Crippen LogP) is 5.13. The van der Waals surface area contributed by atoms with E-state index in [1.54, 1.807) is 0 Å². The molecule has 0 spiro atoms. The van der Waals surface area contributed by atoms with Crippen LogP contribution >= 0.6 is 19.4 Å². The first-order chi connectivity index (χ1) is 16.4. The van der Waals surface area contributed by atoms with Crippen molar-refractivity contribution in [3.05, 3.63) is 87.7 Å². The number of hydrogen-bond acceptors (Lipinski definition) is 3. The van der Waals surface area contributed by atoms with Crippen LogP contribution in [0.15, 0.2) is 48.7 Å². The zero-order valence-corrected chi connectivity index (χ0v) is 24.8. The van der Waals surface area contributed by atoms with Crippen molar-refractivity contribution >= 4 is 36.7 Å². The second-order valence-electron chi connectivity index (χ2n) is 9.74. The molecule has 1 saturated heterocycles. The van der Waals surface area contributed by atoms with E-state index in [1.165, 1.54) is 11.1 Å². The predicted molar refractivity (Wildman–Crippen MR) is 152 cm³/mol. The van der Waals surface area contributed by atoms with Gasteiger partial charge in [0.05, 0.1) is 0 Å². The van der Waals surface area contributed by atoms with Crippen molar-refractivity contribution in [1.29, 1.82) is 0 Å². The number of aromatic nitrogens is 1. The van der Waals surface area contributed by atoms with Crippen LogP contribution in [-0.2, 0) is 16.0 Å². The molecule has 2 N–H and O–H groups in total. The fourth-order valence-corrected chi connectivity index (χ4v) is 25.3. The Hall–Kier alpha value is -1.55. The zero-order valence-electron chi connectivity index (χ0n) is 21.6. The van der Waals surface area contributed by atoms with Gasteiger partial charge in [-0.25, -0.2) is 0 Å². The van der Waals surface area contributed by atoms with Crippen LogP contribution in [0.2, 0.25) is 0 Å². The Morgan fingerprint density at radius 1 is 0.800 bits per heavy atom. The van der Waals surface area contributed by atoms with Crippen molar-refractivity contribution in [2.75, 3.05) is 13.1 Å². The Bertz CT molecular complexity index is 1380. The van der Waals surface area contributed by atoms with Gasteiger partial charge >= 0.3 is 217 Å².